The lowest BCUT2D eigenvalue weighted by atomic mass is 10.0. The third-order valence-corrected chi connectivity index (χ3v) is 3.26. The Balaban J connectivity index is 2.75. The number of aromatic nitrogens is 2. The summed E-state index contributed by atoms with van der Waals surface area (Å²) in [6, 6.07) is 0.345. The number of hydrogen-bond acceptors (Lipinski definition) is 5. The zero-order valence-electron chi connectivity index (χ0n) is 12.9. The van der Waals surface area contributed by atoms with E-state index in [0.29, 0.717) is 36.2 Å². The zero-order valence-corrected chi connectivity index (χ0v) is 12.9. The lowest BCUT2D eigenvalue weighted by Gasteiger charge is -2.18. The number of ether oxygens (including phenoxy) is 1. The van der Waals surface area contributed by atoms with Crippen molar-refractivity contribution in [2.75, 3.05) is 13.7 Å². The summed E-state index contributed by atoms with van der Waals surface area (Å²) < 4.78 is 11.0. The highest BCUT2D eigenvalue weighted by atomic mass is 16.5. The molecule has 0 fully saturated rings. The maximum Gasteiger partial charge on any atom is 0.228 e. The zero-order chi connectivity index (χ0) is 14.4. The molecule has 5 heteroatoms. The fourth-order valence-corrected chi connectivity index (χ4v) is 2.07. The van der Waals surface area contributed by atoms with Crippen molar-refractivity contribution >= 4 is 0 Å². The fourth-order valence-electron chi connectivity index (χ4n) is 2.07. The molecule has 1 rings (SSSR count). The van der Waals surface area contributed by atoms with Gasteiger partial charge in [-0.2, -0.15) is 4.98 Å². The van der Waals surface area contributed by atoms with Crippen LogP contribution in [-0.2, 0) is 11.2 Å². The van der Waals surface area contributed by atoms with Crippen molar-refractivity contribution in [2.45, 2.75) is 53.2 Å². The Morgan fingerprint density at radius 1 is 1.21 bits per heavy atom. The van der Waals surface area contributed by atoms with Crippen LogP contribution in [-0.4, -0.2) is 29.8 Å². The van der Waals surface area contributed by atoms with Crippen LogP contribution in [0.4, 0.5) is 0 Å². The number of hydrogen-bond donors (Lipinski definition) is 1. The quantitative estimate of drug-likeness (QED) is 0.786. The van der Waals surface area contributed by atoms with E-state index in [-0.39, 0.29) is 6.10 Å². The first-order valence-electron chi connectivity index (χ1n) is 7.10. The van der Waals surface area contributed by atoms with Gasteiger partial charge in [0, 0.05) is 19.1 Å². The van der Waals surface area contributed by atoms with E-state index >= 15 is 0 Å². The van der Waals surface area contributed by atoms with Gasteiger partial charge in [-0.1, -0.05) is 32.9 Å². The van der Waals surface area contributed by atoms with Crippen molar-refractivity contribution in [3.05, 3.63) is 11.7 Å². The van der Waals surface area contributed by atoms with E-state index in [1.807, 2.05) is 14.0 Å². The van der Waals surface area contributed by atoms with E-state index in [1.54, 1.807) is 0 Å². The summed E-state index contributed by atoms with van der Waals surface area (Å²) in [6.45, 7) is 11.2. The molecular weight excluding hydrogens is 242 g/mol. The molecule has 0 aliphatic carbocycles. The van der Waals surface area contributed by atoms with Crippen LogP contribution < -0.4 is 5.32 Å². The summed E-state index contributed by atoms with van der Waals surface area (Å²) in [5.74, 6) is 2.18. The lowest BCUT2D eigenvalue weighted by molar-refractivity contribution is 0.0217. The summed E-state index contributed by atoms with van der Waals surface area (Å²) >= 11 is 0. The molecule has 19 heavy (non-hydrogen) atoms. The average molecular weight is 269 g/mol. The van der Waals surface area contributed by atoms with E-state index in [4.69, 9.17) is 9.26 Å². The van der Waals surface area contributed by atoms with Crippen molar-refractivity contribution in [1.29, 1.82) is 0 Å². The second kappa shape index (κ2) is 7.60. The predicted octanol–water partition coefficient (Wildman–Crippen LogP) is 2.59. The molecule has 0 aromatic carbocycles. The minimum atomic E-state index is -0.0883. The van der Waals surface area contributed by atoms with Crippen molar-refractivity contribution in [2.24, 2.45) is 11.8 Å². The summed E-state index contributed by atoms with van der Waals surface area (Å²) in [6.07, 6.45) is 0.660. The first kappa shape index (κ1) is 16.1. The first-order chi connectivity index (χ1) is 8.99. The van der Waals surface area contributed by atoms with Crippen LogP contribution in [0.5, 0.6) is 0 Å². The minimum absolute atomic E-state index is 0.0883. The Morgan fingerprint density at radius 3 is 2.37 bits per heavy atom. The van der Waals surface area contributed by atoms with E-state index in [9.17, 15) is 0 Å². The van der Waals surface area contributed by atoms with Gasteiger partial charge in [-0.25, -0.2) is 0 Å². The molecule has 2 unspecified atom stereocenters. The van der Waals surface area contributed by atoms with Gasteiger partial charge in [-0.05, 0) is 25.8 Å². The van der Waals surface area contributed by atoms with Gasteiger partial charge in [0.1, 0.15) is 6.10 Å². The van der Waals surface area contributed by atoms with Crippen LogP contribution in [0.3, 0.4) is 0 Å². The van der Waals surface area contributed by atoms with Crippen LogP contribution in [0.2, 0.25) is 0 Å². The third-order valence-electron chi connectivity index (χ3n) is 3.26. The lowest BCUT2D eigenvalue weighted by Crippen LogP contribution is -2.32. The van der Waals surface area contributed by atoms with E-state index < -0.39 is 0 Å². The number of nitrogens with zero attached hydrogens (tertiary/aromatic N) is 2. The molecule has 1 N–H and O–H groups in total. The van der Waals surface area contributed by atoms with Gasteiger partial charge in [0.15, 0.2) is 0 Å². The average Bonchev–Trinajstić information content (AvgIpc) is 2.80. The summed E-state index contributed by atoms with van der Waals surface area (Å²) in [7, 11) is 1.96. The Hall–Kier alpha value is -0.940. The molecule has 0 aliphatic rings. The van der Waals surface area contributed by atoms with Gasteiger partial charge in [-0.15, -0.1) is 0 Å². The van der Waals surface area contributed by atoms with Crippen molar-refractivity contribution in [3.63, 3.8) is 0 Å². The maximum absolute atomic E-state index is 5.68. The molecule has 2 atom stereocenters. The molecule has 1 aromatic rings. The number of nitrogens with one attached hydrogen (secondary N) is 1. The second-order valence-corrected chi connectivity index (χ2v) is 5.51. The molecule has 1 heterocycles. The Bertz CT molecular complexity index is 363. The SMILES string of the molecule is CCOC(c1noc(CC(NC)C(C)C)n1)C(C)C. The molecule has 0 saturated heterocycles. The summed E-state index contributed by atoms with van der Waals surface area (Å²) in [5, 5.41) is 7.34. The summed E-state index contributed by atoms with van der Waals surface area (Å²) in [4.78, 5) is 4.48. The molecule has 0 bridgehead atoms. The standard InChI is InChI=1S/C14H27N3O2/c1-7-18-13(10(4)5)14-16-12(19-17-14)8-11(15-6)9(2)3/h9-11,13,15H,7-8H2,1-6H3. The minimum Gasteiger partial charge on any atom is -0.370 e. The highest BCUT2D eigenvalue weighted by Crippen LogP contribution is 2.23. The molecule has 110 valence electrons. The highest BCUT2D eigenvalue weighted by molar-refractivity contribution is 4.95. The van der Waals surface area contributed by atoms with Crippen LogP contribution in [0.15, 0.2) is 4.52 Å². The smallest absolute Gasteiger partial charge is 0.228 e. The number of rotatable bonds is 8. The molecule has 0 saturated carbocycles. The van der Waals surface area contributed by atoms with Gasteiger partial charge in [0.25, 0.3) is 0 Å². The predicted molar refractivity (Wildman–Crippen MR) is 74.9 cm³/mol. The van der Waals surface area contributed by atoms with Gasteiger partial charge in [0.05, 0.1) is 0 Å². The normalized spacial score (nSPS) is 15.2. The highest BCUT2D eigenvalue weighted by Gasteiger charge is 2.23. The van der Waals surface area contributed by atoms with Crippen molar-refractivity contribution < 1.29 is 9.26 Å². The molecular formula is C14H27N3O2. The monoisotopic (exact) mass is 269 g/mol. The van der Waals surface area contributed by atoms with E-state index in [0.717, 1.165) is 6.42 Å². The Kier molecular flexibility index (Phi) is 6.45. The van der Waals surface area contributed by atoms with Gasteiger partial charge < -0.3 is 14.6 Å². The molecule has 0 spiro atoms. The Morgan fingerprint density at radius 2 is 1.89 bits per heavy atom. The summed E-state index contributed by atoms with van der Waals surface area (Å²) in [5.41, 5.74) is 0. The Labute approximate surface area is 116 Å². The molecule has 5 nitrogen and oxygen atoms in total. The van der Waals surface area contributed by atoms with Crippen LogP contribution in [0.25, 0.3) is 0 Å². The maximum atomic E-state index is 5.68. The molecule has 0 aliphatic heterocycles. The van der Waals surface area contributed by atoms with Crippen molar-refractivity contribution in [1.82, 2.24) is 15.5 Å². The number of likely N-dealkylation sites (N-methyl/N-ethyl adjacent to an activating group) is 1. The molecule has 0 radical (unpaired) electrons. The third kappa shape index (κ3) is 4.58. The van der Waals surface area contributed by atoms with Crippen molar-refractivity contribution in [3.8, 4) is 0 Å². The van der Waals surface area contributed by atoms with Crippen LogP contribution >= 0.6 is 0 Å². The molecule has 1 aromatic heterocycles. The van der Waals surface area contributed by atoms with Gasteiger partial charge in [0.2, 0.25) is 11.7 Å². The van der Waals surface area contributed by atoms with Crippen LogP contribution in [0, 0.1) is 11.8 Å². The second-order valence-electron chi connectivity index (χ2n) is 5.51. The first-order valence-corrected chi connectivity index (χ1v) is 7.10. The molecule has 0 amide bonds. The van der Waals surface area contributed by atoms with Crippen LogP contribution in [0.1, 0.15) is 52.4 Å². The van der Waals surface area contributed by atoms with E-state index in [1.165, 1.54) is 0 Å². The largest absolute Gasteiger partial charge is 0.370 e. The van der Waals surface area contributed by atoms with Gasteiger partial charge >= 0.3 is 0 Å². The topological polar surface area (TPSA) is 60.2 Å². The van der Waals surface area contributed by atoms with E-state index in [2.05, 4.69) is 43.2 Å². The fraction of sp³-hybridized carbons (Fsp3) is 0.857. The van der Waals surface area contributed by atoms with Gasteiger partial charge in [-0.3, -0.25) is 0 Å².